The summed E-state index contributed by atoms with van der Waals surface area (Å²) in [4.78, 5) is 27.5. The number of urea groups is 1. The molecule has 3 N–H and O–H groups in total. The number of imidazole rings is 1. The quantitative estimate of drug-likeness (QED) is 0.463. The van der Waals surface area contributed by atoms with E-state index in [1.54, 1.807) is 31.5 Å². The molecule has 0 saturated carbocycles. The maximum Gasteiger partial charge on any atom is 0.405 e. The average Bonchev–Trinajstić information content (AvgIpc) is 3.25. The Morgan fingerprint density at radius 2 is 1.89 bits per heavy atom. The van der Waals surface area contributed by atoms with Crippen molar-refractivity contribution < 1.29 is 27.9 Å². The van der Waals surface area contributed by atoms with Crippen molar-refractivity contribution in [1.29, 1.82) is 0 Å². The summed E-state index contributed by atoms with van der Waals surface area (Å²) in [5, 5.41) is 13.5. The second-order valence-corrected chi connectivity index (χ2v) is 8.28. The van der Waals surface area contributed by atoms with Crippen molar-refractivity contribution in [3.8, 4) is 11.1 Å². The number of nitrogens with zero attached hydrogens (tertiary/aromatic N) is 2. The van der Waals surface area contributed by atoms with Crippen molar-refractivity contribution >= 4 is 28.7 Å². The number of alkyl halides is 3. The van der Waals surface area contributed by atoms with Crippen LogP contribution in [0.1, 0.15) is 24.8 Å². The molecule has 0 spiro atoms. The number of hydrogen-bond acceptors (Lipinski definition) is 3. The minimum Gasteiger partial charge on any atom is -0.481 e. The highest BCUT2D eigenvalue weighted by Crippen LogP contribution is 2.28. The van der Waals surface area contributed by atoms with E-state index in [2.05, 4.69) is 10.3 Å². The Labute approximate surface area is 199 Å². The first-order valence-corrected chi connectivity index (χ1v) is 10.9. The predicted octanol–water partition coefficient (Wildman–Crippen LogP) is 4.92. The summed E-state index contributed by atoms with van der Waals surface area (Å²) < 4.78 is 38.8. The number of allylic oxidation sites excluding steroid dienone is 2. The third-order valence-corrected chi connectivity index (χ3v) is 5.76. The number of rotatable bonds is 6. The lowest BCUT2D eigenvalue weighted by atomic mass is 9.97. The number of benzene rings is 2. The van der Waals surface area contributed by atoms with E-state index in [0.717, 1.165) is 33.4 Å². The van der Waals surface area contributed by atoms with Gasteiger partial charge in [-0.25, -0.2) is 9.78 Å². The molecule has 1 aliphatic carbocycles. The lowest BCUT2D eigenvalue weighted by molar-refractivity contribution is -0.138. The molecule has 2 aromatic carbocycles. The van der Waals surface area contributed by atoms with Crippen molar-refractivity contribution in [2.75, 3.05) is 6.54 Å². The third kappa shape index (κ3) is 5.71. The molecule has 35 heavy (non-hydrogen) atoms. The summed E-state index contributed by atoms with van der Waals surface area (Å²) in [6, 6.07) is 11.8. The van der Waals surface area contributed by atoms with Gasteiger partial charge >= 0.3 is 18.2 Å². The molecule has 0 radical (unpaired) electrons. The van der Waals surface area contributed by atoms with Crippen LogP contribution in [0.15, 0.2) is 67.0 Å². The summed E-state index contributed by atoms with van der Waals surface area (Å²) in [5.74, 6) is -1.47. The second-order valence-electron chi connectivity index (χ2n) is 8.28. The number of nitrogens with one attached hydrogen (secondary N) is 2. The zero-order chi connectivity index (χ0) is 25.2. The highest BCUT2D eigenvalue weighted by molar-refractivity contribution is 5.86. The molecule has 10 heteroatoms. The summed E-state index contributed by atoms with van der Waals surface area (Å²) in [6.45, 7) is 0.243. The van der Waals surface area contributed by atoms with Crippen LogP contribution in [0.3, 0.4) is 0 Å². The maximum absolute atomic E-state index is 12.3. The number of carboxylic acids is 1. The Balaban J connectivity index is 1.51. The second kappa shape index (κ2) is 9.65. The monoisotopic (exact) mass is 484 g/mol. The first-order valence-electron chi connectivity index (χ1n) is 10.9. The molecule has 3 aromatic rings. The van der Waals surface area contributed by atoms with Gasteiger partial charge in [-0.2, -0.15) is 13.2 Å². The number of aromatic nitrogens is 2. The van der Waals surface area contributed by atoms with Crippen LogP contribution in [0.4, 0.5) is 18.0 Å². The fourth-order valence-corrected chi connectivity index (χ4v) is 3.83. The minimum absolute atomic E-state index is 0.455. The summed E-state index contributed by atoms with van der Waals surface area (Å²) in [7, 11) is 0. The molecular weight excluding hydrogens is 461 g/mol. The van der Waals surface area contributed by atoms with Gasteiger partial charge in [0.15, 0.2) is 0 Å². The molecule has 182 valence electrons. The highest BCUT2D eigenvalue weighted by Gasteiger charge is 2.28. The van der Waals surface area contributed by atoms with E-state index in [1.807, 2.05) is 52.4 Å². The van der Waals surface area contributed by atoms with Crippen LogP contribution in [0.25, 0.3) is 27.9 Å². The molecule has 1 aliphatic rings. The van der Waals surface area contributed by atoms with E-state index in [4.69, 9.17) is 0 Å². The average molecular weight is 484 g/mol. The summed E-state index contributed by atoms with van der Waals surface area (Å²) in [5.41, 5.74) is 4.86. The Bertz CT molecular complexity index is 1310. The fraction of sp³-hybridized carbons (Fsp3) is 0.240. The van der Waals surface area contributed by atoms with Crippen LogP contribution in [0.2, 0.25) is 0 Å². The number of carbonyl (C=O) groups excluding carboxylic acids is 1. The Morgan fingerprint density at radius 3 is 2.57 bits per heavy atom. The van der Waals surface area contributed by atoms with Gasteiger partial charge in [0.25, 0.3) is 0 Å². The van der Waals surface area contributed by atoms with Gasteiger partial charge in [0.1, 0.15) is 12.9 Å². The third-order valence-electron chi connectivity index (χ3n) is 5.76. The minimum atomic E-state index is -4.47. The van der Waals surface area contributed by atoms with Crippen LogP contribution in [-0.2, 0) is 4.79 Å². The number of hydrogen-bond donors (Lipinski definition) is 3. The zero-order valence-corrected chi connectivity index (χ0v) is 18.7. The van der Waals surface area contributed by atoms with Gasteiger partial charge in [0.2, 0.25) is 0 Å². The lowest BCUT2D eigenvalue weighted by Crippen LogP contribution is -2.44. The number of aliphatic carboxylic acids is 1. The van der Waals surface area contributed by atoms with E-state index < -0.39 is 36.7 Å². The van der Waals surface area contributed by atoms with Crippen molar-refractivity contribution in [2.45, 2.75) is 31.5 Å². The van der Waals surface area contributed by atoms with Crippen molar-refractivity contribution in [3.05, 3.63) is 72.6 Å². The predicted molar refractivity (Wildman–Crippen MR) is 126 cm³/mol. The van der Waals surface area contributed by atoms with E-state index in [9.17, 15) is 27.9 Å². The van der Waals surface area contributed by atoms with Crippen molar-refractivity contribution in [3.63, 3.8) is 0 Å². The topological polar surface area (TPSA) is 96.2 Å². The largest absolute Gasteiger partial charge is 0.481 e. The highest BCUT2D eigenvalue weighted by atomic mass is 19.4. The molecule has 2 atom stereocenters. The first kappa shape index (κ1) is 24.1. The van der Waals surface area contributed by atoms with E-state index in [-0.39, 0.29) is 0 Å². The van der Waals surface area contributed by atoms with Gasteiger partial charge in [0.05, 0.1) is 23.0 Å². The van der Waals surface area contributed by atoms with E-state index in [1.165, 1.54) is 0 Å². The summed E-state index contributed by atoms with van der Waals surface area (Å²) in [6.07, 6.45) is 3.10. The normalized spacial score (nSPS) is 16.6. The Morgan fingerprint density at radius 1 is 1.17 bits per heavy atom. The van der Waals surface area contributed by atoms with E-state index in [0.29, 0.717) is 6.42 Å². The standard InChI is InChI=1S/C25H23F3N4O3/c1-15(23(33)34)16-5-7-17(8-6-16)18-9-10-22-21(11-18)30-14-32(22)20-4-2-3-19(12-20)31-24(35)29-13-25(26,27)28/h2,4-12,14-15,19H,3,13H2,1H3,(H,33,34)(H2,29,31,35). The number of carbonyl (C=O) groups is 2. The fourth-order valence-electron chi connectivity index (χ4n) is 3.83. The van der Waals surface area contributed by atoms with Gasteiger partial charge in [-0.15, -0.1) is 0 Å². The smallest absolute Gasteiger partial charge is 0.405 e. The number of amides is 2. The lowest BCUT2D eigenvalue weighted by Gasteiger charge is -2.20. The van der Waals surface area contributed by atoms with E-state index >= 15 is 0 Å². The van der Waals surface area contributed by atoms with Crippen LogP contribution in [0.5, 0.6) is 0 Å². The van der Waals surface area contributed by atoms with Gasteiger partial charge in [0, 0.05) is 5.70 Å². The van der Waals surface area contributed by atoms with Crippen molar-refractivity contribution in [2.24, 2.45) is 0 Å². The van der Waals surface area contributed by atoms with Crippen LogP contribution in [0, 0.1) is 0 Å². The maximum atomic E-state index is 12.3. The molecule has 1 aromatic heterocycles. The van der Waals surface area contributed by atoms with Crippen LogP contribution < -0.4 is 10.6 Å². The molecule has 2 amide bonds. The molecule has 0 bridgehead atoms. The molecule has 7 nitrogen and oxygen atoms in total. The Kier molecular flexibility index (Phi) is 6.63. The molecule has 0 fully saturated rings. The zero-order valence-electron chi connectivity index (χ0n) is 18.7. The SMILES string of the molecule is CC(C(=O)O)c1ccc(-c2ccc3c(c2)ncn3C2=CC(NC(=O)NCC(F)(F)F)CC=C2)cc1. The molecule has 4 rings (SSSR count). The van der Waals surface area contributed by atoms with Crippen LogP contribution >= 0.6 is 0 Å². The van der Waals surface area contributed by atoms with Crippen LogP contribution in [-0.4, -0.2) is 45.4 Å². The first-order chi connectivity index (χ1) is 16.6. The number of halogens is 3. The molecule has 2 unspecified atom stereocenters. The molecule has 1 heterocycles. The molecular formula is C25H23F3N4O3. The summed E-state index contributed by atoms with van der Waals surface area (Å²) >= 11 is 0. The van der Waals surface area contributed by atoms with Gasteiger partial charge in [-0.3, -0.25) is 9.36 Å². The Hall–Kier alpha value is -4.08. The van der Waals surface area contributed by atoms with Gasteiger partial charge < -0.3 is 15.7 Å². The van der Waals surface area contributed by atoms with Gasteiger partial charge in [-0.1, -0.05) is 36.4 Å². The molecule has 0 saturated heterocycles. The van der Waals surface area contributed by atoms with Crippen molar-refractivity contribution in [1.82, 2.24) is 20.2 Å². The van der Waals surface area contributed by atoms with Gasteiger partial charge in [-0.05, 0) is 54.3 Å². The number of carboxylic acid groups (broad SMARTS) is 1. The number of fused-ring (bicyclic) bond motifs is 1. The molecule has 0 aliphatic heterocycles.